The molecular formula is C22H34O4. The molecule has 0 aromatic heterocycles. The predicted molar refractivity (Wildman–Crippen MR) is 101 cm³/mol. The average molecular weight is 363 g/mol. The molecule has 3 fully saturated rings. The molecule has 26 heavy (non-hydrogen) atoms. The molecule has 4 heteroatoms. The van der Waals surface area contributed by atoms with Crippen LogP contribution in [0.15, 0.2) is 24.8 Å². The number of methoxy groups -OCH3 is 1. The lowest BCUT2D eigenvalue weighted by Gasteiger charge is -2.60. The summed E-state index contributed by atoms with van der Waals surface area (Å²) in [4.78, 5) is 13.0. The fraction of sp³-hybridized carbons (Fsp3) is 0.773. The average Bonchev–Trinajstić information content (AvgIpc) is 2.96. The molecule has 0 spiro atoms. The summed E-state index contributed by atoms with van der Waals surface area (Å²) in [6.07, 6.45) is 4.80. The molecule has 0 aliphatic heterocycles. The van der Waals surface area contributed by atoms with Crippen LogP contribution in [0.4, 0.5) is 0 Å². The molecule has 0 radical (unpaired) electrons. The van der Waals surface area contributed by atoms with E-state index in [2.05, 4.69) is 33.9 Å². The van der Waals surface area contributed by atoms with E-state index in [-0.39, 0.29) is 35.9 Å². The minimum absolute atomic E-state index is 0.158. The molecule has 3 saturated carbocycles. The molecular weight excluding hydrogens is 328 g/mol. The maximum atomic E-state index is 13.0. The van der Waals surface area contributed by atoms with Crippen molar-refractivity contribution in [2.45, 2.75) is 65.1 Å². The number of Topliss-reactive ketones (excluding diaryl/α,β-unsaturated/α-hetero) is 1. The van der Waals surface area contributed by atoms with Gasteiger partial charge in [0.25, 0.3) is 0 Å². The van der Waals surface area contributed by atoms with E-state index in [0.717, 1.165) is 24.8 Å². The zero-order valence-corrected chi connectivity index (χ0v) is 16.7. The van der Waals surface area contributed by atoms with E-state index >= 15 is 0 Å². The van der Waals surface area contributed by atoms with Crippen LogP contribution in [0.25, 0.3) is 0 Å². The SMILES string of the molecule is C=C[C@]1(C)C[C@@H](O)[C@]2(C)[C@H](C)CC[C@]3(CCC(=O)[C@H]32)C(=C)[C@@H]1OCOC. The second-order valence-electron chi connectivity index (χ2n) is 9.27. The minimum atomic E-state index is -0.589. The van der Waals surface area contributed by atoms with Crippen molar-refractivity contribution in [3.63, 3.8) is 0 Å². The highest BCUT2D eigenvalue weighted by Crippen LogP contribution is 2.67. The van der Waals surface area contributed by atoms with Gasteiger partial charge in [-0.2, -0.15) is 0 Å². The van der Waals surface area contributed by atoms with Gasteiger partial charge in [-0.25, -0.2) is 0 Å². The van der Waals surface area contributed by atoms with E-state index in [1.807, 2.05) is 6.08 Å². The maximum Gasteiger partial charge on any atom is 0.147 e. The van der Waals surface area contributed by atoms with Gasteiger partial charge in [0, 0.05) is 35.7 Å². The Morgan fingerprint density at radius 1 is 1.35 bits per heavy atom. The summed E-state index contributed by atoms with van der Waals surface area (Å²) < 4.78 is 11.3. The van der Waals surface area contributed by atoms with Crippen LogP contribution in [0.1, 0.15) is 52.9 Å². The highest BCUT2D eigenvalue weighted by Gasteiger charge is 2.66. The van der Waals surface area contributed by atoms with E-state index in [0.29, 0.717) is 12.8 Å². The molecule has 3 aliphatic carbocycles. The molecule has 0 saturated heterocycles. The number of rotatable bonds is 4. The lowest BCUT2D eigenvalue weighted by atomic mass is 9.45. The van der Waals surface area contributed by atoms with E-state index in [9.17, 15) is 9.90 Å². The molecule has 0 amide bonds. The number of hydrogen-bond acceptors (Lipinski definition) is 4. The van der Waals surface area contributed by atoms with Crippen molar-refractivity contribution < 1.29 is 19.4 Å². The third kappa shape index (κ3) is 2.49. The lowest BCUT2D eigenvalue weighted by Crippen LogP contribution is -2.60. The summed E-state index contributed by atoms with van der Waals surface area (Å²) in [6.45, 7) is 15.1. The van der Waals surface area contributed by atoms with Crippen molar-refractivity contribution in [2.75, 3.05) is 13.9 Å². The number of ether oxygens (including phenoxy) is 2. The van der Waals surface area contributed by atoms with Crippen LogP contribution in [0.2, 0.25) is 0 Å². The quantitative estimate of drug-likeness (QED) is 0.609. The standard InChI is InChI=1S/C22H34O4/c1-7-20(4)12-17(24)21(5)14(2)8-10-22(11-9-16(23)18(21)22)15(3)19(20)26-13-25-6/h7,14,17-19,24H,1,3,8-13H2,2,4-6H3/t14-,17-,18+,19+,20-,21+,22+/m1/s1. The van der Waals surface area contributed by atoms with Gasteiger partial charge in [0.2, 0.25) is 0 Å². The van der Waals surface area contributed by atoms with Gasteiger partial charge in [0.1, 0.15) is 12.6 Å². The van der Waals surface area contributed by atoms with Gasteiger partial charge in [0.15, 0.2) is 0 Å². The van der Waals surface area contributed by atoms with E-state index in [1.54, 1.807) is 7.11 Å². The van der Waals surface area contributed by atoms with Crippen molar-refractivity contribution in [3.05, 3.63) is 24.8 Å². The van der Waals surface area contributed by atoms with Crippen LogP contribution in [-0.2, 0) is 14.3 Å². The van der Waals surface area contributed by atoms with Gasteiger partial charge in [-0.05, 0) is 37.2 Å². The molecule has 2 bridgehead atoms. The van der Waals surface area contributed by atoms with Gasteiger partial charge in [-0.3, -0.25) is 4.79 Å². The summed E-state index contributed by atoms with van der Waals surface area (Å²) in [5.41, 5.74) is -0.192. The summed E-state index contributed by atoms with van der Waals surface area (Å²) in [5, 5.41) is 11.4. The fourth-order valence-electron chi connectivity index (χ4n) is 6.27. The number of hydrogen-bond donors (Lipinski definition) is 1. The van der Waals surface area contributed by atoms with Crippen molar-refractivity contribution in [1.82, 2.24) is 0 Å². The van der Waals surface area contributed by atoms with Crippen molar-refractivity contribution in [3.8, 4) is 0 Å². The molecule has 0 aromatic carbocycles. The van der Waals surface area contributed by atoms with Crippen LogP contribution >= 0.6 is 0 Å². The first-order valence-corrected chi connectivity index (χ1v) is 9.81. The molecule has 4 nitrogen and oxygen atoms in total. The number of aliphatic hydroxyl groups excluding tert-OH is 1. The summed E-state index contributed by atoms with van der Waals surface area (Å²) in [5.74, 6) is 0.396. The second kappa shape index (κ2) is 6.57. The number of carbonyl (C=O) groups excluding carboxylic acids is 1. The van der Waals surface area contributed by atoms with E-state index in [4.69, 9.17) is 9.47 Å². The maximum absolute atomic E-state index is 13.0. The Bertz CT molecular complexity index is 613. The molecule has 7 atom stereocenters. The lowest BCUT2D eigenvalue weighted by molar-refractivity contribution is -0.170. The third-order valence-electron chi connectivity index (χ3n) is 8.12. The first-order valence-electron chi connectivity index (χ1n) is 9.81. The first kappa shape index (κ1) is 19.8. The number of ketones is 1. The zero-order chi connectivity index (χ0) is 19.3. The van der Waals surface area contributed by atoms with Crippen molar-refractivity contribution in [2.24, 2.45) is 28.1 Å². The molecule has 146 valence electrons. The summed E-state index contributed by atoms with van der Waals surface area (Å²) in [7, 11) is 1.60. The predicted octanol–water partition coefficient (Wildman–Crippen LogP) is 3.89. The monoisotopic (exact) mass is 362 g/mol. The second-order valence-corrected chi connectivity index (χ2v) is 9.27. The van der Waals surface area contributed by atoms with Gasteiger partial charge in [-0.15, -0.1) is 6.58 Å². The zero-order valence-electron chi connectivity index (χ0n) is 16.7. The van der Waals surface area contributed by atoms with Gasteiger partial charge >= 0.3 is 0 Å². The summed E-state index contributed by atoms with van der Waals surface area (Å²) in [6, 6.07) is 0. The Kier molecular flexibility index (Phi) is 5.00. The Labute approximate surface area is 157 Å². The normalized spacial score (nSPS) is 48.7. The van der Waals surface area contributed by atoms with E-state index < -0.39 is 16.9 Å². The number of carbonyl (C=O) groups is 1. The topological polar surface area (TPSA) is 55.8 Å². The van der Waals surface area contributed by atoms with Gasteiger partial charge < -0.3 is 14.6 Å². The third-order valence-corrected chi connectivity index (χ3v) is 8.12. The largest absolute Gasteiger partial charge is 0.392 e. The Morgan fingerprint density at radius 3 is 2.65 bits per heavy atom. The van der Waals surface area contributed by atoms with Crippen LogP contribution in [0.3, 0.4) is 0 Å². The Morgan fingerprint density at radius 2 is 2.04 bits per heavy atom. The van der Waals surface area contributed by atoms with Crippen molar-refractivity contribution >= 4 is 5.78 Å². The molecule has 3 rings (SSSR count). The van der Waals surface area contributed by atoms with Crippen LogP contribution in [0.5, 0.6) is 0 Å². The minimum Gasteiger partial charge on any atom is -0.392 e. The molecule has 3 aliphatic rings. The van der Waals surface area contributed by atoms with Crippen LogP contribution < -0.4 is 0 Å². The van der Waals surface area contributed by atoms with Crippen molar-refractivity contribution in [1.29, 1.82) is 0 Å². The van der Waals surface area contributed by atoms with Crippen LogP contribution in [-0.4, -0.2) is 37.0 Å². The Balaban J connectivity index is 2.18. The summed E-state index contributed by atoms with van der Waals surface area (Å²) >= 11 is 0. The van der Waals surface area contributed by atoms with Crippen LogP contribution in [0, 0.1) is 28.1 Å². The highest BCUT2D eigenvalue weighted by molar-refractivity contribution is 5.86. The molecule has 1 N–H and O–H groups in total. The molecule has 0 unspecified atom stereocenters. The van der Waals surface area contributed by atoms with E-state index in [1.165, 1.54) is 0 Å². The molecule has 0 heterocycles. The van der Waals surface area contributed by atoms with Gasteiger partial charge in [-0.1, -0.05) is 33.4 Å². The first-order chi connectivity index (χ1) is 12.2. The fourth-order valence-corrected chi connectivity index (χ4v) is 6.27. The Hall–Kier alpha value is -0.970. The van der Waals surface area contributed by atoms with Gasteiger partial charge in [0.05, 0.1) is 12.2 Å². The smallest absolute Gasteiger partial charge is 0.147 e. The molecule has 0 aromatic rings. The highest BCUT2D eigenvalue weighted by atomic mass is 16.7. The number of aliphatic hydroxyl groups is 1.